The van der Waals surface area contributed by atoms with Crippen LogP contribution in [0.15, 0.2) is 24.3 Å². The molecule has 0 heterocycles. The normalized spacial score (nSPS) is 12.8. The first-order valence-corrected chi connectivity index (χ1v) is 6.43. The van der Waals surface area contributed by atoms with Gasteiger partial charge in [0.25, 0.3) is 0 Å². The van der Waals surface area contributed by atoms with Crippen LogP contribution in [0.4, 0.5) is 0 Å². The molecule has 0 aliphatic rings. The van der Waals surface area contributed by atoms with Crippen LogP contribution in [0.1, 0.15) is 25.8 Å². The van der Waals surface area contributed by atoms with Crippen LogP contribution >= 0.6 is 0 Å². The van der Waals surface area contributed by atoms with Crippen molar-refractivity contribution in [2.24, 2.45) is 11.8 Å². The molecule has 0 saturated heterocycles. The topological polar surface area (TPSA) is 21.3 Å². The summed E-state index contributed by atoms with van der Waals surface area (Å²) in [5, 5.41) is 3.29. The Kier molecular flexibility index (Phi) is 6.06. The highest BCUT2D eigenvalue weighted by atomic mass is 16.5. The summed E-state index contributed by atoms with van der Waals surface area (Å²) >= 11 is 0. The molecule has 2 heteroatoms. The Morgan fingerprint density at radius 1 is 1.18 bits per heavy atom. The van der Waals surface area contributed by atoms with E-state index in [1.807, 2.05) is 19.2 Å². The van der Waals surface area contributed by atoms with Crippen LogP contribution in [0.3, 0.4) is 0 Å². The lowest BCUT2D eigenvalue weighted by Crippen LogP contribution is -2.22. The maximum Gasteiger partial charge on any atom is 0.118 e. The van der Waals surface area contributed by atoms with Crippen molar-refractivity contribution in [2.45, 2.75) is 26.7 Å². The van der Waals surface area contributed by atoms with Crippen LogP contribution in [0.25, 0.3) is 0 Å². The van der Waals surface area contributed by atoms with Gasteiger partial charge in [-0.25, -0.2) is 0 Å². The smallest absolute Gasteiger partial charge is 0.118 e. The van der Waals surface area contributed by atoms with Crippen molar-refractivity contribution in [3.05, 3.63) is 29.8 Å². The molecule has 1 rings (SSSR count). The highest BCUT2D eigenvalue weighted by Crippen LogP contribution is 2.19. The van der Waals surface area contributed by atoms with Gasteiger partial charge in [0.05, 0.1) is 7.11 Å². The van der Waals surface area contributed by atoms with Gasteiger partial charge in [0.15, 0.2) is 0 Å². The summed E-state index contributed by atoms with van der Waals surface area (Å²) in [5.74, 6) is 2.41. The molecule has 0 aliphatic carbocycles. The van der Waals surface area contributed by atoms with E-state index in [4.69, 9.17) is 4.74 Å². The van der Waals surface area contributed by atoms with Crippen molar-refractivity contribution >= 4 is 0 Å². The summed E-state index contributed by atoms with van der Waals surface area (Å²) < 4.78 is 5.17. The van der Waals surface area contributed by atoms with Gasteiger partial charge in [-0.2, -0.15) is 0 Å². The molecule has 17 heavy (non-hydrogen) atoms. The van der Waals surface area contributed by atoms with Gasteiger partial charge < -0.3 is 10.1 Å². The fourth-order valence-corrected chi connectivity index (χ4v) is 2.29. The molecule has 0 bridgehead atoms. The quantitative estimate of drug-likeness (QED) is 0.784. The Balaban J connectivity index is 2.58. The van der Waals surface area contributed by atoms with E-state index in [1.54, 1.807) is 7.11 Å². The summed E-state index contributed by atoms with van der Waals surface area (Å²) in [5.41, 5.74) is 1.40. The Labute approximate surface area is 105 Å². The Morgan fingerprint density at radius 3 is 2.29 bits per heavy atom. The second-order valence-electron chi connectivity index (χ2n) is 5.11. The van der Waals surface area contributed by atoms with Crippen LogP contribution in [0, 0.1) is 11.8 Å². The van der Waals surface area contributed by atoms with E-state index in [9.17, 15) is 0 Å². The molecule has 0 spiro atoms. The molecular formula is C15H25NO. The molecule has 2 nitrogen and oxygen atoms in total. The standard InChI is InChI=1S/C15H25NO/c1-12(2)9-14(11-16-3)10-13-5-7-15(17-4)8-6-13/h5-8,12,14,16H,9-11H2,1-4H3. The van der Waals surface area contributed by atoms with Gasteiger partial charge in [0, 0.05) is 0 Å². The first kappa shape index (κ1) is 14.0. The zero-order chi connectivity index (χ0) is 12.7. The summed E-state index contributed by atoms with van der Waals surface area (Å²) in [4.78, 5) is 0. The number of hydrogen-bond acceptors (Lipinski definition) is 2. The number of benzene rings is 1. The van der Waals surface area contributed by atoms with Crippen molar-refractivity contribution in [2.75, 3.05) is 20.7 Å². The molecule has 0 fully saturated rings. The van der Waals surface area contributed by atoms with Gasteiger partial charge >= 0.3 is 0 Å². The van der Waals surface area contributed by atoms with Crippen LogP contribution < -0.4 is 10.1 Å². The fraction of sp³-hybridized carbons (Fsp3) is 0.600. The number of hydrogen-bond donors (Lipinski definition) is 1. The monoisotopic (exact) mass is 235 g/mol. The lowest BCUT2D eigenvalue weighted by molar-refractivity contribution is 0.394. The Morgan fingerprint density at radius 2 is 1.82 bits per heavy atom. The number of methoxy groups -OCH3 is 1. The largest absolute Gasteiger partial charge is 0.497 e. The molecule has 1 unspecified atom stereocenters. The van der Waals surface area contributed by atoms with Gasteiger partial charge in [-0.1, -0.05) is 26.0 Å². The molecule has 0 aromatic heterocycles. The molecule has 0 radical (unpaired) electrons. The second kappa shape index (κ2) is 7.33. The molecular weight excluding hydrogens is 210 g/mol. The average Bonchev–Trinajstić information content (AvgIpc) is 2.29. The van der Waals surface area contributed by atoms with Crippen molar-refractivity contribution in [1.29, 1.82) is 0 Å². The number of rotatable bonds is 7. The minimum atomic E-state index is 0.716. The van der Waals surface area contributed by atoms with E-state index in [2.05, 4.69) is 31.3 Å². The van der Waals surface area contributed by atoms with Crippen LogP contribution in [-0.4, -0.2) is 20.7 Å². The van der Waals surface area contributed by atoms with E-state index in [-0.39, 0.29) is 0 Å². The first-order chi connectivity index (χ1) is 8.15. The SMILES string of the molecule is CNCC(Cc1ccc(OC)cc1)CC(C)C. The molecule has 1 atom stereocenters. The maximum atomic E-state index is 5.17. The number of ether oxygens (including phenoxy) is 1. The second-order valence-corrected chi connectivity index (χ2v) is 5.11. The molecule has 0 saturated carbocycles. The van der Waals surface area contributed by atoms with Crippen molar-refractivity contribution in [3.8, 4) is 5.75 Å². The van der Waals surface area contributed by atoms with Gasteiger partial charge in [-0.05, 0) is 56.0 Å². The maximum absolute atomic E-state index is 5.17. The van der Waals surface area contributed by atoms with E-state index in [0.29, 0.717) is 5.92 Å². The van der Waals surface area contributed by atoms with E-state index in [0.717, 1.165) is 24.6 Å². The molecule has 0 aliphatic heterocycles. The van der Waals surface area contributed by atoms with Crippen LogP contribution in [-0.2, 0) is 6.42 Å². The van der Waals surface area contributed by atoms with Crippen molar-refractivity contribution in [1.82, 2.24) is 5.32 Å². The predicted molar refractivity (Wildman–Crippen MR) is 73.6 cm³/mol. The highest BCUT2D eigenvalue weighted by molar-refractivity contribution is 5.27. The van der Waals surface area contributed by atoms with Crippen LogP contribution in [0.5, 0.6) is 5.75 Å². The van der Waals surface area contributed by atoms with Gasteiger partial charge in [-0.3, -0.25) is 0 Å². The Bertz CT molecular complexity index is 305. The van der Waals surface area contributed by atoms with Gasteiger partial charge in [-0.15, -0.1) is 0 Å². The Hall–Kier alpha value is -1.02. The third kappa shape index (κ3) is 5.22. The molecule has 1 aromatic carbocycles. The minimum absolute atomic E-state index is 0.716. The van der Waals surface area contributed by atoms with Crippen LogP contribution in [0.2, 0.25) is 0 Å². The minimum Gasteiger partial charge on any atom is -0.497 e. The highest BCUT2D eigenvalue weighted by Gasteiger charge is 2.11. The van der Waals surface area contributed by atoms with Crippen molar-refractivity contribution < 1.29 is 4.74 Å². The van der Waals surface area contributed by atoms with E-state index < -0.39 is 0 Å². The zero-order valence-electron chi connectivity index (χ0n) is 11.5. The van der Waals surface area contributed by atoms with E-state index in [1.165, 1.54) is 12.0 Å². The van der Waals surface area contributed by atoms with Gasteiger partial charge in [0.2, 0.25) is 0 Å². The van der Waals surface area contributed by atoms with Gasteiger partial charge in [0.1, 0.15) is 5.75 Å². The fourth-order valence-electron chi connectivity index (χ4n) is 2.29. The number of nitrogens with one attached hydrogen (secondary N) is 1. The zero-order valence-corrected chi connectivity index (χ0v) is 11.5. The lowest BCUT2D eigenvalue weighted by atomic mass is 9.91. The predicted octanol–water partition coefficient (Wildman–Crippen LogP) is 3.12. The molecule has 1 aromatic rings. The first-order valence-electron chi connectivity index (χ1n) is 6.43. The summed E-state index contributed by atoms with van der Waals surface area (Å²) in [6.45, 7) is 5.66. The summed E-state index contributed by atoms with van der Waals surface area (Å²) in [7, 11) is 3.74. The van der Waals surface area contributed by atoms with Crippen molar-refractivity contribution in [3.63, 3.8) is 0 Å². The molecule has 96 valence electrons. The van der Waals surface area contributed by atoms with E-state index >= 15 is 0 Å². The summed E-state index contributed by atoms with van der Waals surface area (Å²) in [6, 6.07) is 8.42. The summed E-state index contributed by atoms with van der Waals surface area (Å²) in [6.07, 6.45) is 2.41. The molecule has 0 amide bonds. The third-order valence-electron chi connectivity index (χ3n) is 2.98. The third-order valence-corrected chi connectivity index (χ3v) is 2.98. The lowest BCUT2D eigenvalue weighted by Gasteiger charge is -2.18. The average molecular weight is 235 g/mol. The molecule has 1 N–H and O–H groups in total.